The molecule has 1 aliphatic heterocycles. The molecule has 1 N–H and O–H groups in total. The van der Waals surface area contributed by atoms with Gasteiger partial charge in [-0.3, -0.25) is 0 Å². The number of hydrogen-bond acceptors (Lipinski definition) is 6. The van der Waals surface area contributed by atoms with Crippen molar-refractivity contribution < 1.29 is 23.7 Å². The Morgan fingerprint density at radius 2 is 1.71 bits per heavy atom. The summed E-state index contributed by atoms with van der Waals surface area (Å²) in [6, 6.07) is 18.8. The van der Waals surface area contributed by atoms with Crippen LogP contribution in [0.2, 0.25) is 0 Å². The second-order valence-electron chi connectivity index (χ2n) is 9.02. The first kappa shape index (κ1) is 24.4. The molecule has 0 unspecified atom stereocenters. The number of fused-ring (bicyclic) bond motifs is 1. The van der Waals surface area contributed by atoms with Gasteiger partial charge in [0.1, 0.15) is 6.61 Å². The number of rotatable bonds is 8. The third kappa shape index (κ3) is 5.17. The van der Waals surface area contributed by atoms with Crippen LogP contribution in [0.25, 0.3) is 16.7 Å². The van der Waals surface area contributed by atoms with Crippen LogP contribution in [-0.4, -0.2) is 32.5 Å². The quantitative estimate of drug-likeness (QED) is 0.306. The van der Waals surface area contributed by atoms with Crippen molar-refractivity contribution in [3.8, 4) is 22.6 Å². The molecule has 182 valence electrons. The molecule has 0 bridgehead atoms. The van der Waals surface area contributed by atoms with E-state index in [1.807, 2.05) is 42.5 Å². The van der Waals surface area contributed by atoms with Crippen molar-refractivity contribution >= 4 is 17.2 Å². The number of allylic oxidation sites excluding steroid dienone is 1. The largest absolute Gasteiger partial charge is 0.492 e. The van der Waals surface area contributed by atoms with Crippen molar-refractivity contribution in [2.45, 2.75) is 32.9 Å². The van der Waals surface area contributed by atoms with Gasteiger partial charge in [0.2, 0.25) is 0 Å². The summed E-state index contributed by atoms with van der Waals surface area (Å²) in [5, 5.41) is 3.58. The van der Waals surface area contributed by atoms with Crippen LogP contribution in [0.1, 0.15) is 42.3 Å². The van der Waals surface area contributed by atoms with Crippen LogP contribution in [0.3, 0.4) is 0 Å². The molecule has 6 heteroatoms. The van der Waals surface area contributed by atoms with Crippen LogP contribution < -0.4 is 14.8 Å². The zero-order chi connectivity index (χ0) is 25.0. The van der Waals surface area contributed by atoms with Gasteiger partial charge in [-0.05, 0) is 56.2 Å². The highest BCUT2D eigenvalue weighted by atomic mass is 16.7. The third-order valence-electron chi connectivity index (χ3n) is 5.90. The van der Waals surface area contributed by atoms with Gasteiger partial charge in [-0.15, -0.1) is 0 Å². The maximum absolute atomic E-state index is 12.8. The maximum Gasteiger partial charge on any atom is 0.338 e. The van der Waals surface area contributed by atoms with E-state index in [2.05, 4.69) is 38.2 Å². The highest BCUT2D eigenvalue weighted by Crippen LogP contribution is 2.45. The molecule has 0 amide bonds. The number of esters is 1. The van der Waals surface area contributed by atoms with Gasteiger partial charge in [0.25, 0.3) is 0 Å². The molecule has 0 aliphatic carbocycles. The number of benzene rings is 3. The average molecular weight is 474 g/mol. The summed E-state index contributed by atoms with van der Waals surface area (Å²) in [4.78, 5) is 12.8. The molecule has 0 spiro atoms. The normalized spacial score (nSPS) is 13.8. The molecule has 3 aromatic rings. The monoisotopic (exact) mass is 473 g/mol. The van der Waals surface area contributed by atoms with Gasteiger partial charge < -0.3 is 24.3 Å². The van der Waals surface area contributed by atoms with E-state index in [1.54, 1.807) is 26.4 Å². The van der Waals surface area contributed by atoms with Crippen molar-refractivity contribution in [3.05, 3.63) is 83.4 Å². The highest BCUT2D eigenvalue weighted by molar-refractivity contribution is 5.91. The van der Waals surface area contributed by atoms with E-state index >= 15 is 0 Å². The van der Waals surface area contributed by atoms with E-state index in [0.29, 0.717) is 17.1 Å². The SMILES string of the molecule is COCOc1cccc(-c2ccc3c(c2COC(=O)c2ccccc2)C(C)=CC(C)(C)N3)c1OC. The predicted octanol–water partition coefficient (Wildman–Crippen LogP) is 6.31. The van der Waals surface area contributed by atoms with E-state index in [-0.39, 0.29) is 24.9 Å². The first-order valence-electron chi connectivity index (χ1n) is 11.5. The van der Waals surface area contributed by atoms with Gasteiger partial charge in [-0.2, -0.15) is 0 Å². The molecule has 0 radical (unpaired) electrons. The second kappa shape index (κ2) is 10.2. The molecule has 4 rings (SSSR count). The Morgan fingerprint density at radius 3 is 2.43 bits per heavy atom. The van der Waals surface area contributed by atoms with Gasteiger partial charge in [0.05, 0.1) is 18.2 Å². The molecule has 0 fully saturated rings. The smallest absolute Gasteiger partial charge is 0.338 e. The number of carbonyl (C=O) groups excluding carboxylic acids is 1. The fraction of sp³-hybridized carbons (Fsp3) is 0.276. The number of methoxy groups -OCH3 is 2. The van der Waals surface area contributed by atoms with Crippen LogP contribution >= 0.6 is 0 Å². The maximum atomic E-state index is 12.8. The number of hydrogen-bond donors (Lipinski definition) is 1. The van der Waals surface area contributed by atoms with Crippen LogP contribution in [0.4, 0.5) is 5.69 Å². The molecule has 0 aromatic heterocycles. The molecule has 0 atom stereocenters. The molecule has 3 aromatic carbocycles. The zero-order valence-corrected chi connectivity index (χ0v) is 20.8. The van der Waals surface area contributed by atoms with Crippen LogP contribution in [0.15, 0.2) is 66.7 Å². The van der Waals surface area contributed by atoms with Gasteiger partial charge in [0, 0.05) is 29.5 Å². The van der Waals surface area contributed by atoms with Crippen molar-refractivity contribution in [2.24, 2.45) is 0 Å². The lowest BCUT2D eigenvalue weighted by atomic mass is 9.85. The highest BCUT2D eigenvalue weighted by Gasteiger charge is 2.27. The summed E-state index contributed by atoms with van der Waals surface area (Å²) in [5.41, 5.74) is 6.09. The standard InChI is InChI=1S/C29H31NO5/c1-19-16-29(2,3)30-24-15-14-21(22-12-9-13-25(27(22)33-5)35-18-32-4)23(26(19)24)17-34-28(31)20-10-7-6-8-11-20/h6-16,30H,17-18H2,1-5H3. The third-order valence-corrected chi connectivity index (χ3v) is 5.90. The van der Waals surface area contributed by atoms with Crippen molar-refractivity contribution in [1.82, 2.24) is 0 Å². The lowest BCUT2D eigenvalue weighted by Crippen LogP contribution is -2.32. The topological polar surface area (TPSA) is 66.0 Å². The number of ether oxygens (including phenoxy) is 4. The molecule has 35 heavy (non-hydrogen) atoms. The van der Waals surface area contributed by atoms with E-state index in [4.69, 9.17) is 18.9 Å². The summed E-state index contributed by atoms with van der Waals surface area (Å²) >= 11 is 0. The Balaban J connectivity index is 1.83. The second-order valence-corrected chi connectivity index (χ2v) is 9.02. The first-order chi connectivity index (χ1) is 16.8. The summed E-state index contributed by atoms with van der Waals surface area (Å²) in [7, 11) is 3.18. The summed E-state index contributed by atoms with van der Waals surface area (Å²) in [5.74, 6) is 0.790. The summed E-state index contributed by atoms with van der Waals surface area (Å²) in [6.07, 6.45) is 2.19. The molecule has 0 saturated carbocycles. The van der Waals surface area contributed by atoms with Gasteiger partial charge >= 0.3 is 5.97 Å². The summed E-state index contributed by atoms with van der Waals surface area (Å²) in [6.45, 7) is 6.55. The molecule has 1 aliphatic rings. The Kier molecular flexibility index (Phi) is 7.12. The fourth-order valence-corrected chi connectivity index (χ4v) is 4.57. The van der Waals surface area contributed by atoms with Crippen molar-refractivity contribution in [2.75, 3.05) is 26.3 Å². The molecule has 1 heterocycles. The Hall–Kier alpha value is -3.77. The predicted molar refractivity (Wildman–Crippen MR) is 138 cm³/mol. The lowest BCUT2D eigenvalue weighted by Gasteiger charge is -2.33. The number of anilines is 1. The molecular formula is C29H31NO5. The Bertz CT molecular complexity index is 1250. The van der Waals surface area contributed by atoms with Crippen LogP contribution in [0, 0.1) is 0 Å². The van der Waals surface area contributed by atoms with E-state index in [0.717, 1.165) is 33.5 Å². The minimum absolute atomic E-state index is 0.103. The zero-order valence-electron chi connectivity index (χ0n) is 20.8. The van der Waals surface area contributed by atoms with Gasteiger partial charge in [-0.25, -0.2) is 4.79 Å². The summed E-state index contributed by atoms with van der Waals surface area (Å²) < 4.78 is 22.4. The Labute approximate surface area is 206 Å². The van der Waals surface area contributed by atoms with E-state index in [1.165, 1.54) is 0 Å². The number of carbonyl (C=O) groups is 1. The minimum Gasteiger partial charge on any atom is -0.492 e. The van der Waals surface area contributed by atoms with E-state index in [9.17, 15) is 4.79 Å². The fourth-order valence-electron chi connectivity index (χ4n) is 4.57. The van der Waals surface area contributed by atoms with Gasteiger partial charge in [0.15, 0.2) is 18.3 Å². The lowest BCUT2D eigenvalue weighted by molar-refractivity contribution is 0.0471. The molecular weight excluding hydrogens is 442 g/mol. The average Bonchev–Trinajstić information content (AvgIpc) is 2.85. The van der Waals surface area contributed by atoms with Crippen LogP contribution in [-0.2, 0) is 16.1 Å². The molecule has 0 saturated heterocycles. The number of para-hydroxylation sites is 1. The molecule has 6 nitrogen and oxygen atoms in total. The van der Waals surface area contributed by atoms with Crippen molar-refractivity contribution in [3.63, 3.8) is 0 Å². The van der Waals surface area contributed by atoms with Crippen LogP contribution in [0.5, 0.6) is 11.5 Å². The van der Waals surface area contributed by atoms with E-state index < -0.39 is 0 Å². The Morgan fingerprint density at radius 1 is 0.943 bits per heavy atom. The number of nitrogens with one attached hydrogen (secondary N) is 1. The van der Waals surface area contributed by atoms with Gasteiger partial charge in [-0.1, -0.05) is 42.5 Å². The van der Waals surface area contributed by atoms with Crippen molar-refractivity contribution in [1.29, 1.82) is 0 Å². The minimum atomic E-state index is -0.371. The first-order valence-corrected chi connectivity index (χ1v) is 11.5.